The first kappa shape index (κ1) is 32.4. The van der Waals surface area contributed by atoms with Gasteiger partial charge in [-0.2, -0.15) is 28.5 Å². The van der Waals surface area contributed by atoms with Crippen LogP contribution in [0.5, 0.6) is 5.75 Å². The fraction of sp³-hybridized carbons (Fsp3) is 0.433. The van der Waals surface area contributed by atoms with Gasteiger partial charge in [0.15, 0.2) is 5.82 Å². The van der Waals surface area contributed by atoms with Crippen molar-refractivity contribution in [3.05, 3.63) is 81.7 Å². The van der Waals surface area contributed by atoms with Gasteiger partial charge in [-0.05, 0) is 43.9 Å². The fourth-order valence-corrected chi connectivity index (χ4v) is 5.23. The van der Waals surface area contributed by atoms with E-state index in [1.807, 2.05) is 4.90 Å². The van der Waals surface area contributed by atoms with E-state index in [0.717, 1.165) is 23.7 Å². The van der Waals surface area contributed by atoms with Gasteiger partial charge in [0.25, 0.3) is 11.4 Å². The Morgan fingerprint density at radius 3 is 2.70 bits per heavy atom. The Bertz CT molecular complexity index is 1740. The van der Waals surface area contributed by atoms with Crippen molar-refractivity contribution in [2.45, 2.75) is 70.6 Å². The highest BCUT2D eigenvalue weighted by Crippen LogP contribution is 2.34. The number of anilines is 2. The van der Waals surface area contributed by atoms with Gasteiger partial charge in [0.2, 0.25) is 0 Å². The molecule has 3 atom stereocenters. The molecule has 1 saturated heterocycles. The van der Waals surface area contributed by atoms with Crippen molar-refractivity contribution >= 4 is 11.5 Å². The first-order valence-corrected chi connectivity index (χ1v) is 14.6. The summed E-state index contributed by atoms with van der Waals surface area (Å²) in [5, 5.41) is 20.2. The first-order chi connectivity index (χ1) is 22.1. The van der Waals surface area contributed by atoms with Crippen LogP contribution in [0.2, 0.25) is 0 Å². The van der Waals surface area contributed by atoms with E-state index in [4.69, 9.17) is 14.0 Å². The number of hydrogen-bond acceptors (Lipinski definition) is 12. The van der Waals surface area contributed by atoms with E-state index in [2.05, 4.69) is 43.5 Å². The van der Waals surface area contributed by atoms with Crippen molar-refractivity contribution in [3.63, 3.8) is 0 Å². The number of hydrogen-bond donors (Lipinski definition) is 1. The molecule has 1 aliphatic rings. The summed E-state index contributed by atoms with van der Waals surface area (Å²) >= 11 is 0. The van der Waals surface area contributed by atoms with E-state index in [1.165, 1.54) is 19.6 Å². The van der Waals surface area contributed by atoms with Crippen molar-refractivity contribution in [2.24, 2.45) is 0 Å². The van der Waals surface area contributed by atoms with Crippen LogP contribution in [0.4, 0.5) is 24.7 Å². The molecule has 46 heavy (non-hydrogen) atoms. The molecule has 1 fully saturated rings. The number of ether oxygens (including phenoxy) is 2. The Morgan fingerprint density at radius 1 is 1.22 bits per heavy atom. The van der Waals surface area contributed by atoms with Gasteiger partial charge in [-0.1, -0.05) is 24.2 Å². The summed E-state index contributed by atoms with van der Waals surface area (Å²) in [5.41, 5.74) is -2.22. The van der Waals surface area contributed by atoms with Crippen molar-refractivity contribution < 1.29 is 27.2 Å². The van der Waals surface area contributed by atoms with Gasteiger partial charge in [-0.3, -0.25) is 4.79 Å². The standard InChI is InChI=1S/C30H32F3N9O4/c1-4-24(38-23-13-37-42(29(43)26(23)30(31,32)33)14-19-6-9-22(44-3)10-7-19)45-16-25-39-27(40-46-25)20-8-5-18(2)41(15-20)28-21(11-34)12-35-17-36-28/h6-7,9-10,12-13,17-18,20,24,38H,4-5,8,14-16H2,1-3H3. The maximum atomic E-state index is 14.1. The molecule has 0 bridgehead atoms. The molecule has 1 N–H and O–H groups in total. The molecule has 16 heteroatoms. The van der Waals surface area contributed by atoms with E-state index >= 15 is 0 Å². The quantitative estimate of drug-likeness (QED) is 0.230. The third-order valence-electron chi connectivity index (χ3n) is 7.73. The molecular weight excluding hydrogens is 607 g/mol. The Kier molecular flexibility index (Phi) is 9.81. The summed E-state index contributed by atoms with van der Waals surface area (Å²) < 4.78 is 59.4. The molecule has 3 unspecified atom stereocenters. The molecule has 242 valence electrons. The lowest BCUT2D eigenvalue weighted by Crippen LogP contribution is -2.42. The summed E-state index contributed by atoms with van der Waals surface area (Å²) in [6.07, 6.45) is -0.203. The molecule has 13 nitrogen and oxygen atoms in total. The third kappa shape index (κ3) is 7.26. The molecule has 5 rings (SSSR count). The minimum atomic E-state index is -4.95. The van der Waals surface area contributed by atoms with Crippen LogP contribution in [-0.4, -0.2) is 55.8 Å². The second kappa shape index (κ2) is 13.9. The van der Waals surface area contributed by atoms with Crippen molar-refractivity contribution in [1.29, 1.82) is 5.26 Å². The van der Waals surface area contributed by atoms with Gasteiger partial charge in [-0.15, -0.1) is 0 Å². The van der Waals surface area contributed by atoms with E-state index < -0.39 is 29.2 Å². The minimum Gasteiger partial charge on any atom is -0.497 e. The number of alkyl halides is 3. The Hall–Kier alpha value is -5.04. The second-order valence-electron chi connectivity index (χ2n) is 10.8. The molecule has 0 aliphatic carbocycles. The zero-order chi connectivity index (χ0) is 32.8. The molecule has 1 aromatic carbocycles. The Labute approximate surface area is 262 Å². The van der Waals surface area contributed by atoms with Crippen molar-refractivity contribution in [3.8, 4) is 11.8 Å². The van der Waals surface area contributed by atoms with E-state index in [0.29, 0.717) is 35.1 Å². The molecule has 0 amide bonds. The maximum absolute atomic E-state index is 14.1. The number of nitrogens with one attached hydrogen (secondary N) is 1. The number of nitriles is 1. The summed E-state index contributed by atoms with van der Waals surface area (Å²) in [6.45, 7) is 3.93. The highest BCUT2D eigenvalue weighted by atomic mass is 19.4. The highest BCUT2D eigenvalue weighted by molar-refractivity contribution is 5.53. The van der Waals surface area contributed by atoms with Crippen LogP contribution >= 0.6 is 0 Å². The lowest BCUT2D eigenvalue weighted by Gasteiger charge is -2.38. The maximum Gasteiger partial charge on any atom is 0.423 e. The second-order valence-corrected chi connectivity index (χ2v) is 10.8. The summed E-state index contributed by atoms with van der Waals surface area (Å²) in [6, 6.07) is 8.83. The van der Waals surface area contributed by atoms with E-state index in [1.54, 1.807) is 31.2 Å². The zero-order valence-electron chi connectivity index (χ0n) is 25.4. The van der Waals surface area contributed by atoms with Gasteiger partial charge >= 0.3 is 6.18 Å². The van der Waals surface area contributed by atoms with Crippen LogP contribution in [-0.2, 0) is 24.1 Å². The predicted molar refractivity (Wildman–Crippen MR) is 158 cm³/mol. The number of methoxy groups -OCH3 is 1. The summed E-state index contributed by atoms with van der Waals surface area (Å²) in [7, 11) is 1.50. The average molecular weight is 640 g/mol. The smallest absolute Gasteiger partial charge is 0.423 e. The molecule has 0 saturated carbocycles. The van der Waals surface area contributed by atoms with Gasteiger partial charge in [0, 0.05) is 18.5 Å². The zero-order valence-corrected chi connectivity index (χ0v) is 25.4. The van der Waals surface area contributed by atoms with Crippen molar-refractivity contribution in [2.75, 3.05) is 23.9 Å². The van der Waals surface area contributed by atoms with Gasteiger partial charge in [0.1, 0.15) is 47.9 Å². The molecule has 4 heterocycles. The summed E-state index contributed by atoms with van der Waals surface area (Å²) in [5.74, 6) is 1.60. The molecule has 0 radical (unpaired) electrons. The SMILES string of the molecule is CCC(Nc1cnn(Cc2ccc(OC)cc2)c(=O)c1C(F)(F)F)OCc1nc(C2CCC(C)N(c3ncncc3C#N)C2)no1. The van der Waals surface area contributed by atoms with Crippen LogP contribution in [0.25, 0.3) is 0 Å². The minimum absolute atomic E-state index is 0.111. The number of nitrogens with zero attached hydrogens (tertiary/aromatic N) is 8. The molecule has 3 aromatic heterocycles. The number of halogens is 3. The number of aromatic nitrogens is 6. The largest absolute Gasteiger partial charge is 0.497 e. The lowest BCUT2D eigenvalue weighted by atomic mass is 9.92. The molecule has 0 spiro atoms. The average Bonchev–Trinajstić information content (AvgIpc) is 3.53. The van der Waals surface area contributed by atoms with E-state index in [-0.39, 0.29) is 37.4 Å². The van der Waals surface area contributed by atoms with Crippen LogP contribution < -0.4 is 20.5 Å². The van der Waals surface area contributed by atoms with Crippen molar-refractivity contribution in [1.82, 2.24) is 29.9 Å². The highest BCUT2D eigenvalue weighted by Gasteiger charge is 2.39. The van der Waals surface area contributed by atoms with Gasteiger partial charge in [-0.25, -0.2) is 14.6 Å². The number of benzene rings is 1. The molecular formula is C30H32F3N9O4. The Morgan fingerprint density at radius 2 is 2.00 bits per heavy atom. The van der Waals surface area contributed by atoms with Gasteiger partial charge < -0.3 is 24.2 Å². The monoisotopic (exact) mass is 639 g/mol. The fourth-order valence-electron chi connectivity index (χ4n) is 5.23. The predicted octanol–water partition coefficient (Wildman–Crippen LogP) is 4.50. The topological polar surface area (TPSA) is 157 Å². The normalized spacial score (nSPS) is 17.4. The summed E-state index contributed by atoms with van der Waals surface area (Å²) in [4.78, 5) is 27.7. The number of rotatable bonds is 11. The van der Waals surface area contributed by atoms with Crippen LogP contribution in [0.1, 0.15) is 67.4 Å². The van der Waals surface area contributed by atoms with Gasteiger partial charge in [0.05, 0.1) is 31.7 Å². The Balaban J connectivity index is 1.26. The van der Waals surface area contributed by atoms with E-state index in [9.17, 15) is 23.2 Å². The third-order valence-corrected chi connectivity index (χ3v) is 7.73. The molecule has 1 aliphatic heterocycles. The van der Waals surface area contributed by atoms with Crippen LogP contribution in [0.3, 0.4) is 0 Å². The molecule has 4 aromatic rings. The van der Waals surface area contributed by atoms with Crippen LogP contribution in [0.15, 0.2) is 52.3 Å². The van der Waals surface area contributed by atoms with Crippen LogP contribution in [0, 0.1) is 11.3 Å². The first-order valence-electron chi connectivity index (χ1n) is 14.6. The number of piperidine rings is 1. The lowest BCUT2D eigenvalue weighted by molar-refractivity contribution is -0.138.